The minimum Gasteiger partial charge on any atom is -0.337 e. The number of aromatic nitrogens is 4. The third kappa shape index (κ3) is 2.57. The highest BCUT2D eigenvalue weighted by atomic mass is 32.1. The molecule has 1 amide bonds. The van der Waals surface area contributed by atoms with Gasteiger partial charge in [-0.25, -0.2) is 4.98 Å². The lowest BCUT2D eigenvalue weighted by atomic mass is 10.1. The van der Waals surface area contributed by atoms with Crippen LogP contribution < -0.4 is 0 Å². The fourth-order valence-electron chi connectivity index (χ4n) is 2.92. The molecule has 0 radical (unpaired) electrons. The summed E-state index contributed by atoms with van der Waals surface area (Å²) in [5.74, 6) is 1.45. The van der Waals surface area contributed by atoms with Gasteiger partial charge < -0.3 is 9.47 Å². The largest absolute Gasteiger partial charge is 0.337 e. The molecule has 1 saturated heterocycles. The Labute approximate surface area is 128 Å². The lowest BCUT2D eigenvalue weighted by Crippen LogP contribution is -2.28. The van der Waals surface area contributed by atoms with Crippen molar-refractivity contribution in [2.24, 2.45) is 7.05 Å². The van der Waals surface area contributed by atoms with Gasteiger partial charge in [-0.3, -0.25) is 4.79 Å². The van der Waals surface area contributed by atoms with Crippen LogP contribution in [0, 0.1) is 6.92 Å². The number of hydrogen-bond donors (Lipinski definition) is 0. The van der Waals surface area contributed by atoms with Crippen molar-refractivity contribution in [3.8, 4) is 0 Å². The monoisotopic (exact) mass is 305 g/mol. The molecule has 3 heterocycles. The zero-order valence-corrected chi connectivity index (χ0v) is 13.4. The van der Waals surface area contributed by atoms with E-state index in [9.17, 15) is 4.79 Å². The molecule has 0 spiro atoms. The van der Waals surface area contributed by atoms with E-state index in [1.165, 1.54) is 11.5 Å². The molecule has 21 heavy (non-hydrogen) atoms. The molecule has 0 aliphatic carbocycles. The van der Waals surface area contributed by atoms with Crippen LogP contribution >= 0.6 is 11.5 Å². The van der Waals surface area contributed by atoms with Crippen molar-refractivity contribution < 1.29 is 4.79 Å². The second-order valence-corrected chi connectivity index (χ2v) is 6.24. The maximum Gasteiger partial charge on any atom is 0.267 e. The Hall–Kier alpha value is -1.76. The molecule has 1 aliphatic heterocycles. The Morgan fingerprint density at radius 1 is 1.52 bits per heavy atom. The van der Waals surface area contributed by atoms with Crippen molar-refractivity contribution >= 4 is 17.4 Å². The van der Waals surface area contributed by atoms with Crippen LogP contribution in [0.1, 0.15) is 46.1 Å². The van der Waals surface area contributed by atoms with Gasteiger partial charge in [0.25, 0.3) is 5.91 Å². The summed E-state index contributed by atoms with van der Waals surface area (Å²) in [7, 11) is 2.02. The Morgan fingerprint density at radius 2 is 2.33 bits per heavy atom. The number of amides is 1. The van der Waals surface area contributed by atoms with E-state index < -0.39 is 0 Å². The summed E-state index contributed by atoms with van der Waals surface area (Å²) in [6.07, 6.45) is 3.74. The molecule has 2 aromatic heterocycles. The van der Waals surface area contributed by atoms with Crippen LogP contribution in [0.15, 0.2) is 6.20 Å². The van der Waals surface area contributed by atoms with Gasteiger partial charge in [0.2, 0.25) is 0 Å². The minimum atomic E-state index is 0.0651. The van der Waals surface area contributed by atoms with Crippen molar-refractivity contribution in [1.29, 1.82) is 0 Å². The van der Waals surface area contributed by atoms with Crippen molar-refractivity contribution in [1.82, 2.24) is 24.0 Å². The SMILES string of the molecule is CCc1nnsc1C(=O)N1CC[C@H](c2nc(C)cn2C)C1. The first-order chi connectivity index (χ1) is 10.1. The number of carbonyl (C=O) groups is 1. The summed E-state index contributed by atoms with van der Waals surface area (Å²) in [5, 5.41) is 4.03. The fraction of sp³-hybridized carbons (Fsp3) is 0.571. The van der Waals surface area contributed by atoms with Gasteiger partial charge in [0.15, 0.2) is 0 Å². The van der Waals surface area contributed by atoms with E-state index in [0.717, 1.165) is 43.1 Å². The van der Waals surface area contributed by atoms with Gasteiger partial charge in [-0.2, -0.15) is 0 Å². The Bertz CT molecular complexity index is 662. The Kier molecular flexibility index (Phi) is 3.75. The third-order valence-electron chi connectivity index (χ3n) is 3.96. The van der Waals surface area contributed by atoms with E-state index in [1.807, 2.05) is 32.0 Å². The molecule has 0 N–H and O–H groups in total. The van der Waals surface area contributed by atoms with Gasteiger partial charge in [-0.05, 0) is 31.3 Å². The van der Waals surface area contributed by atoms with Crippen LogP contribution in [0.25, 0.3) is 0 Å². The molecule has 112 valence electrons. The summed E-state index contributed by atoms with van der Waals surface area (Å²) in [4.78, 5) is 19.8. The summed E-state index contributed by atoms with van der Waals surface area (Å²) >= 11 is 1.20. The van der Waals surface area contributed by atoms with Crippen LogP contribution in [0.4, 0.5) is 0 Å². The molecule has 0 saturated carbocycles. The second-order valence-electron chi connectivity index (χ2n) is 5.49. The van der Waals surface area contributed by atoms with Gasteiger partial charge in [-0.1, -0.05) is 11.4 Å². The van der Waals surface area contributed by atoms with E-state index in [4.69, 9.17) is 0 Å². The molecule has 7 heteroatoms. The maximum atomic E-state index is 12.6. The van der Waals surface area contributed by atoms with Crippen molar-refractivity contribution in [3.63, 3.8) is 0 Å². The van der Waals surface area contributed by atoms with Crippen LogP contribution in [0.2, 0.25) is 0 Å². The van der Waals surface area contributed by atoms with E-state index in [2.05, 4.69) is 19.1 Å². The zero-order chi connectivity index (χ0) is 15.0. The zero-order valence-electron chi connectivity index (χ0n) is 12.5. The van der Waals surface area contributed by atoms with Crippen LogP contribution in [-0.4, -0.2) is 43.0 Å². The van der Waals surface area contributed by atoms with Gasteiger partial charge in [0, 0.05) is 32.3 Å². The van der Waals surface area contributed by atoms with Crippen LogP contribution in [0.3, 0.4) is 0 Å². The lowest BCUT2D eigenvalue weighted by molar-refractivity contribution is 0.0794. The predicted octanol–water partition coefficient (Wildman–Crippen LogP) is 1.77. The second kappa shape index (κ2) is 5.55. The molecule has 0 aromatic carbocycles. The molecule has 6 nitrogen and oxygen atoms in total. The van der Waals surface area contributed by atoms with Gasteiger partial charge in [-0.15, -0.1) is 5.10 Å². The molecule has 1 fully saturated rings. The molecule has 3 rings (SSSR count). The fourth-order valence-corrected chi connectivity index (χ4v) is 3.63. The summed E-state index contributed by atoms with van der Waals surface area (Å²) in [5.41, 5.74) is 1.83. The van der Waals surface area contributed by atoms with Gasteiger partial charge in [0.05, 0.1) is 11.4 Å². The first-order valence-electron chi connectivity index (χ1n) is 7.20. The number of aryl methyl sites for hydroxylation is 3. The summed E-state index contributed by atoms with van der Waals surface area (Å²) in [6.45, 7) is 5.50. The number of carbonyl (C=O) groups excluding carboxylic acids is 1. The van der Waals surface area contributed by atoms with Gasteiger partial charge in [0.1, 0.15) is 10.7 Å². The number of likely N-dealkylation sites (tertiary alicyclic amines) is 1. The average Bonchev–Trinajstić information content (AvgIpc) is 3.16. The number of rotatable bonds is 3. The molecular weight excluding hydrogens is 286 g/mol. The summed E-state index contributed by atoms with van der Waals surface area (Å²) < 4.78 is 5.98. The Balaban J connectivity index is 1.75. The van der Waals surface area contributed by atoms with E-state index in [-0.39, 0.29) is 5.91 Å². The number of hydrogen-bond acceptors (Lipinski definition) is 5. The Morgan fingerprint density at radius 3 is 3.00 bits per heavy atom. The summed E-state index contributed by atoms with van der Waals surface area (Å²) in [6, 6.07) is 0. The van der Waals surface area contributed by atoms with Crippen molar-refractivity contribution in [3.05, 3.63) is 28.3 Å². The van der Waals surface area contributed by atoms with Crippen molar-refractivity contribution in [2.45, 2.75) is 32.6 Å². The minimum absolute atomic E-state index is 0.0651. The lowest BCUT2D eigenvalue weighted by Gasteiger charge is -2.15. The molecule has 0 unspecified atom stereocenters. The molecule has 1 aliphatic rings. The topological polar surface area (TPSA) is 63.9 Å². The number of nitrogens with zero attached hydrogens (tertiary/aromatic N) is 5. The third-order valence-corrected chi connectivity index (χ3v) is 4.71. The first-order valence-corrected chi connectivity index (χ1v) is 7.97. The molecule has 0 bridgehead atoms. The van der Waals surface area contributed by atoms with Crippen molar-refractivity contribution in [2.75, 3.05) is 13.1 Å². The van der Waals surface area contributed by atoms with Gasteiger partial charge >= 0.3 is 0 Å². The highest BCUT2D eigenvalue weighted by molar-refractivity contribution is 7.08. The van der Waals surface area contributed by atoms with Crippen LogP contribution in [0.5, 0.6) is 0 Å². The maximum absolute atomic E-state index is 12.6. The normalized spacial score (nSPS) is 18.4. The highest BCUT2D eigenvalue weighted by Crippen LogP contribution is 2.28. The van der Waals surface area contributed by atoms with Crippen LogP contribution in [-0.2, 0) is 13.5 Å². The molecule has 1 atom stereocenters. The highest BCUT2D eigenvalue weighted by Gasteiger charge is 2.32. The van der Waals surface area contributed by atoms with E-state index >= 15 is 0 Å². The average molecular weight is 305 g/mol. The van der Waals surface area contributed by atoms with E-state index in [0.29, 0.717) is 10.8 Å². The standard InChI is InChI=1S/C14H19N5OS/c1-4-11-12(21-17-16-11)14(20)19-6-5-10(8-19)13-15-9(2)7-18(13)3/h7,10H,4-6,8H2,1-3H3/t10-/m0/s1. The first kappa shape index (κ1) is 14.2. The smallest absolute Gasteiger partial charge is 0.267 e. The predicted molar refractivity (Wildman–Crippen MR) is 80.5 cm³/mol. The molecular formula is C14H19N5OS. The number of imidazole rings is 1. The molecule has 2 aromatic rings. The quantitative estimate of drug-likeness (QED) is 0.867. The van der Waals surface area contributed by atoms with E-state index in [1.54, 1.807) is 0 Å².